The van der Waals surface area contributed by atoms with Crippen LogP contribution in [0.2, 0.25) is 0 Å². The van der Waals surface area contributed by atoms with Crippen LogP contribution in [0.15, 0.2) is 64.7 Å². The smallest absolute Gasteiger partial charge is 0.301 e. The molecule has 0 bridgehead atoms. The molecule has 3 aromatic rings. The Balaban J connectivity index is 1.87. The summed E-state index contributed by atoms with van der Waals surface area (Å²) in [5.41, 5.74) is 2.12. The molecule has 0 saturated carbocycles. The van der Waals surface area contributed by atoms with Gasteiger partial charge < -0.3 is 14.4 Å². The lowest BCUT2D eigenvalue weighted by Crippen LogP contribution is -2.29. The molecule has 7 heteroatoms. The van der Waals surface area contributed by atoms with E-state index in [1.165, 1.54) is 4.90 Å². The number of aliphatic hydroxyl groups is 1. The summed E-state index contributed by atoms with van der Waals surface area (Å²) in [6.07, 6.45) is 0. The Bertz CT molecular complexity index is 1160. The Morgan fingerprint density at radius 3 is 2.35 bits per heavy atom. The van der Waals surface area contributed by atoms with Gasteiger partial charge in [0.15, 0.2) is 5.82 Å². The normalized spacial score (nSPS) is 17.9. The largest absolute Gasteiger partial charge is 0.507 e. The van der Waals surface area contributed by atoms with Gasteiger partial charge in [0, 0.05) is 11.6 Å². The fourth-order valence-electron chi connectivity index (χ4n) is 3.63. The van der Waals surface area contributed by atoms with Gasteiger partial charge in [0.25, 0.3) is 5.78 Å². The monoisotopic (exact) mass is 418 g/mol. The topological polar surface area (TPSA) is 92.9 Å². The summed E-state index contributed by atoms with van der Waals surface area (Å²) in [6.45, 7) is 6.04. The lowest BCUT2D eigenvalue weighted by molar-refractivity contribution is -0.132. The van der Waals surface area contributed by atoms with Crippen molar-refractivity contribution in [2.45, 2.75) is 26.8 Å². The minimum Gasteiger partial charge on any atom is -0.507 e. The molecule has 0 unspecified atom stereocenters. The average molecular weight is 418 g/mol. The van der Waals surface area contributed by atoms with Crippen molar-refractivity contribution < 1.29 is 24.0 Å². The zero-order valence-corrected chi connectivity index (χ0v) is 17.5. The lowest BCUT2D eigenvalue weighted by atomic mass is 9.94. The second-order valence-corrected chi connectivity index (χ2v) is 7.33. The number of ether oxygens (including phenoxy) is 1. The number of amides is 1. The molecule has 31 heavy (non-hydrogen) atoms. The number of aromatic nitrogens is 1. The first-order valence-corrected chi connectivity index (χ1v) is 9.94. The summed E-state index contributed by atoms with van der Waals surface area (Å²) in [7, 11) is 0. The van der Waals surface area contributed by atoms with Crippen LogP contribution >= 0.6 is 0 Å². The SMILES string of the molecule is CCOc1ccc(/C(O)=C2\C(=O)C(=O)N(c3cc(C)on3)[C@H]2c2ccc(C)cc2)cc1. The number of hydrogen-bond acceptors (Lipinski definition) is 6. The van der Waals surface area contributed by atoms with E-state index in [-0.39, 0.29) is 17.2 Å². The molecular formula is C24H22N2O5. The van der Waals surface area contributed by atoms with Gasteiger partial charge in [0.05, 0.1) is 18.2 Å². The van der Waals surface area contributed by atoms with E-state index in [1.807, 2.05) is 38.1 Å². The summed E-state index contributed by atoms with van der Waals surface area (Å²) < 4.78 is 10.6. The van der Waals surface area contributed by atoms with E-state index in [9.17, 15) is 14.7 Å². The molecule has 1 aromatic heterocycles. The highest BCUT2D eigenvalue weighted by atomic mass is 16.5. The van der Waals surface area contributed by atoms with Crippen molar-refractivity contribution in [1.29, 1.82) is 0 Å². The maximum Gasteiger partial charge on any atom is 0.301 e. The number of hydrogen-bond donors (Lipinski definition) is 1. The van der Waals surface area contributed by atoms with Crippen molar-refractivity contribution in [3.63, 3.8) is 0 Å². The van der Waals surface area contributed by atoms with Gasteiger partial charge in [0.1, 0.15) is 17.3 Å². The van der Waals surface area contributed by atoms with E-state index in [0.29, 0.717) is 29.2 Å². The Kier molecular flexibility index (Phi) is 5.33. The van der Waals surface area contributed by atoms with E-state index < -0.39 is 17.7 Å². The van der Waals surface area contributed by atoms with Gasteiger partial charge in [-0.25, -0.2) is 0 Å². The Labute approximate surface area is 179 Å². The molecule has 1 saturated heterocycles. The number of Topliss-reactive ketones (excluding diaryl/α,β-unsaturated/α-hetero) is 1. The molecule has 0 radical (unpaired) electrons. The van der Waals surface area contributed by atoms with E-state index in [0.717, 1.165) is 5.56 Å². The van der Waals surface area contributed by atoms with Crippen LogP contribution in [0.5, 0.6) is 5.75 Å². The molecule has 0 spiro atoms. The second kappa shape index (κ2) is 8.10. The fraction of sp³-hybridized carbons (Fsp3) is 0.208. The van der Waals surface area contributed by atoms with E-state index in [4.69, 9.17) is 9.26 Å². The minimum atomic E-state index is -0.836. The molecule has 1 amide bonds. The molecule has 158 valence electrons. The number of ketones is 1. The van der Waals surface area contributed by atoms with Crippen molar-refractivity contribution in [3.05, 3.63) is 82.6 Å². The summed E-state index contributed by atoms with van der Waals surface area (Å²) in [5, 5.41) is 15.0. The van der Waals surface area contributed by atoms with Crippen molar-refractivity contribution >= 4 is 23.3 Å². The van der Waals surface area contributed by atoms with Crippen LogP contribution < -0.4 is 9.64 Å². The summed E-state index contributed by atoms with van der Waals surface area (Å²) in [6, 6.07) is 14.9. The molecule has 1 atom stereocenters. The zero-order valence-electron chi connectivity index (χ0n) is 17.5. The van der Waals surface area contributed by atoms with Gasteiger partial charge >= 0.3 is 5.91 Å². The van der Waals surface area contributed by atoms with E-state index in [2.05, 4.69) is 5.16 Å². The van der Waals surface area contributed by atoms with Crippen LogP contribution in [0, 0.1) is 13.8 Å². The average Bonchev–Trinajstić information content (AvgIpc) is 3.30. The molecule has 1 aliphatic heterocycles. The number of aryl methyl sites for hydroxylation is 2. The third-order valence-electron chi connectivity index (χ3n) is 5.14. The summed E-state index contributed by atoms with van der Waals surface area (Å²) >= 11 is 0. The van der Waals surface area contributed by atoms with Crippen LogP contribution in [0.3, 0.4) is 0 Å². The lowest BCUT2D eigenvalue weighted by Gasteiger charge is -2.23. The van der Waals surface area contributed by atoms with Crippen molar-refractivity contribution in [1.82, 2.24) is 5.16 Å². The highest BCUT2D eigenvalue weighted by Crippen LogP contribution is 2.42. The number of carbonyl (C=O) groups is 2. The minimum absolute atomic E-state index is 0.00124. The first-order valence-electron chi connectivity index (χ1n) is 9.94. The molecule has 1 N–H and O–H groups in total. The zero-order chi connectivity index (χ0) is 22.1. The molecule has 2 aromatic carbocycles. The number of carbonyl (C=O) groups excluding carboxylic acids is 2. The first-order chi connectivity index (χ1) is 14.9. The molecule has 7 nitrogen and oxygen atoms in total. The third-order valence-corrected chi connectivity index (χ3v) is 5.14. The predicted octanol–water partition coefficient (Wildman–Crippen LogP) is 4.32. The maximum atomic E-state index is 13.0. The third kappa shape index (κ3) is 3.70. The molecular weight excluding hydrogens is 396 g/mol. The number of nitrogens with zero attached hydrogens (tertiary/aromatic N) is 2. The Hall–Kier alpha value is -3.87. The number of benzene rings is 2. The van der Waals surface area contributed by atoms with Gasteiger partial charge in [-0.1, -0.05) is 35.0 Å². The van der Waals surface area contributed by atoms with Crippen LogP contribution in [-0.4, -0.2) is 28.6 Å². The van der Waals surface area contributed by atoms with Gasteiger partial charge in [-0.05, 0) is 50.6 Å². The van der Waals surface area contributed by atoms with Gasteiger partial charge in [-0.3, -0.25) is 14.5 Å². The number of anilines is 1. The first kappa shape index (κ1) is 20.4. The summed E-state index contributed by atoms with van der Waals surface area (Å²) in [4.78, 5) is 27.3. The van der Waals surface area contributed by atoms with Crippen molar-refractivity contribution in [2.24, 2.45) is 0 Å². The standard InChI is InChI=1S/C24H22N2O5/c1-4-30-18-11-9-17(10-12-18)22(27)20-21(16-7-5-14(2)6-8-16)26(24(29)23(20)28)19-13-15(3)31-25-19/h5-13,21,27H,4H2,1-3H3/b22-20+/t21-/m0/s1. The van der Waals surface area contributed by atoms with Crippen LogP contribution in [-0.2, 0) is 9.59 Å². The molecule has 1 fully saturated rings. The molecule has 0 aliphatic carbocycles. The second-order valence-electron chi connectivity index (χ2n) is 7.33. The highest BCUT2D eigenvalue weighted by Gasteiger charge is 2.48. The number of rotatable bonds is 5. The van der Waals surface area contributed by atoms with Crippen LogP contribution in [0.25, 0.3) is 5.76 Å². The van der Waals surface area contributed by atoms with E-state index in [1.54, 1.807) is 37.3 Å². The predicted molar refractivity (Wildman–Crippen MR) is 115 cm³/mol. The van der Waals surface area contributed by atoms with Gasteiger partial charge in [-0.15, -0.1) is 0 Å². The molecule has 2 heterocycles. The maximum absolute atomic E-state index is 13.0. The Morgan fingerprint density at radius 1 is 1.10 bits per heavy atom. The van der Waals surface area contributed by atoms with Crippen LogP contribution in [0.1, 0.15) is 35.4 Å². The van der Waals surface area contributed by atoms with Gasteiger partial charge in [0.2, 0.25) is 0 Å². The molecule has 4 rings (SSSR count). The fourth-order valence-corrected chi connectivity index (χ4v) is 3.63. The van der Waals surface area contributed by atoms with Gasteiger partial charge in [-0.2, -0.15) is 0 Å². The highest BCUT2D eigenvalue weighted by molar-refractivity contribution is 6.51. The number of aliphatic hydroxyl groups excluding tert-OH is 1. The molecule has 1 aliphatic rings. The quantitative estimate of drug-likeness (QED) is 0.377. The summed E-state index contributed by atoms with van der Waals surface area (Å²) in [5.74, 6) is -0.437. The van der Waals surface area contributed by atoms with Crippen molar-refractivity contribution in [3.8, 4) is 5.75 Å². The van der Waals surface area contributed by atoms with Crippen LogP contribution in [0.4, 0.5) is 5.82 Å². The van der Waals surface area contributed by atoms with Crippen molar-refractivity contribution in [2.75, 3.05) is 11.5 Å². The Morgan fingerprint density at radius 2 is 1.77 bits per heavy atom. The van der Waals surface area contributed by atoms with E-state index >= 15 is 0 Å².